The van der Waals surface area contributed by atoms with Gasteiger partial charge < -0.3 is 14.4 Å². The van der Waals surface area contributed by atoms with Crippen LogP contribution in [0.2, 0.25) is 5.15 Å². The summed E-state index contributed by atoms with van der Waals surface area (Å²) < 4.78 is 11.6. The molecule has 0 spiro atoms. The van der Waals surface area contributed by atoms with E-state index in [-0.39, 0.29) is 30.2 Å². The number of amides is 1. The van der Waals surface area contributed by atoms with Crippen LogP contribution in [-0.2, 0) is 4.74 Å². The molecule has 0 aromatic carbocycles. The van der Waals surface area contributed by atoms with Crippen molar-refractivity contribution < 1.29 is 14.3 Å². The summed E-state index contributed by atoms with van der Waals surface area (Å²) in [5.41, 5.74) is -0.483. The van der Waals surface area contributed by atoms with Gasteiger partial charge in [-0.1, -0.05) is 18.5 Å². The van der Waals surface area contributed by atoms with Crippen LogP contribution < -0.4 is 4.74 Å². The lowest BCUT2D eigenvalue weighted by atomic mass is 9.89. The molecule has 0 saturated carbocycles. The predicted molar refractivity (Wildman–Crippen MR) is 90.1 cm³/mol. The molecule has 0 radical (unpaired) electrons. The van der Waals surface area contributed by atoms with Crippen molar-refractivity contribution in [3.63, 3.8) is 0 Å². The van der Waals surface area contributed by atoms with Gasteiger partial charge in [0.1, 0.15) is 11.7 Å². The Bertz CT molecular complexity index is 619. The normalized spacial score (nSPS) is 29.5. The highest BCUT2D eigenvalue weighted by molar-refractivity contribution is 6.29. The van der Waals surface area contributed by atoms with E-state index in [1.807, 2.05) is 25.7 Å². The van der Waals surface area contributed by atoms with E-state index in [1.54, 1.807) is 6.20 Å². The van der Waals surface area contributed by atoms with Crippen molar-refractivity contribution in [1.29, 1.82) is 0 Å². The van der Waals surface area contributed by atoms with E-state index in [0.29, 0.717) is 11.0 Å². The summed E-state index contributed by atoms with van der Waals surface area (Å²) in [7, 11) is 0. The van der Waals surface area contributed by atoms with Crippen LogP contribution in [0.5, 0.6) is 5.88 Å². The Hall–Kier alpha value is -1.56. The molecule has 2 fully saturated rings. The molecule has 0 aliphatic carbocycles. The van der Waals surface area contributed by atoms with E-state index >= 15 is 0 Å². The Morgan fingerprint density at radius 2 is 2.08 bits per heavy atom. The first-order valence-electron chi connectivity index (χ1n) is 8.40. The highest BCUT2D eigenvalue weighted by Crippen LogP contribution is 2.41. The summed E-state index contributed by atoms with van der Waals surface area (Å²) in [6.45, 7) is 7.80. The first kappa shape index (κ1) is 17.3. The van der Waals surface area contributed by atoms with Crippen LogP contribution in [0.15, 0.2) is 12.4 Å². The van der Waals surface area contributed by atoms with Crippen LogP contribution in [0.3, 0.4) is 0 Å². The third-order valence-electron chi connectivity index (χ3n) is 4.70. The number of carbonyl (C=O) groups is 1. The topological polar surface area (TPSA) is 64.6 Å². The molecule has 4 atom stereocenters. The van der Waals surface area contributed by atoms with Crippen LogP contribution in [0.1, 0.15) is 47.0 Å². The van der Waals surface area contributed by atoms with E-state index in [0.717, 1.165) is 19.3 Å². The minimum Gasteiger partial charge on any atom is -0.473 e. The molecule has 1 amide bonds. The lowest BCUT2D eigenvalue weighted by molar-refractivity contribution is -0.0273. The maximum atomic E-state index is 12.6. The van der Waals surface area contributed by atoms with Crippen LogP contribution in [0.4, 0.5) is 4.79 Å². The summed E-state index contributed by atoms with van der Waals surface area (Å²) >= 11 is 5.87. The minimum atomic E-state index is -0.483. The maximum absolute atomic E-state index is 12.6. The standard InChI is InChI=1S/C17H24ClN3O3/c1-10-12-6-5-11(21(12)16(22)24-17(2,3)4)7-13(10)23-15-9-19-8-14(18)20-15/h8-13H,5-7H2,1-4H3/t10-,11-,12+,13?/m0/s1. The van der Waals surface area contributed by atoms with Crippen molar-refractivity contribution in [1.82, 2.24) is 14.9 Å². The highest BCUT2D eigenvalue weighted by atomic mass is 35.5. The van der Waals surface area contributed by atoms with Gasteiger partial charge in [0.2, 0.25) is 5.88 Å². The number of hydrogen-bond acceptors (Lipinski definition) is 5. The molecule has 24 heavy (non-hydrogen) atoms. The quantitative estimate of drug-likeness (QED) is 0.811. The van der Waals surface area contributed by atoms with Gasteiger partial charge in [-0.25, -0.2) is 4.79 Å². The maximum Gasteiger partial charge on any atom is 0.410 e. The lowest BCUT2D eigenvalue weighted by Gasteiger charge is -2.43. The summed E-state index contributed by atoms with van der Waals surface area (Å²) in [6.07, 6.45) is 5.55. The lowest BCUT2D eigenvalue weighted by Crippen LogP contribution is -2.55. The van der Waals surface area contributed by atoms with Gasteiger partial charge in [0.15, 0.2) is 5.15 Å². The van der Waals surface area contributed by atoms with Crippen LogP contribution in [0, 0.1) is 5.92 Å². The molecule has 3 rings (SSSR count). The second-order valence-corrected chi connectivity index (χ2v) is 8.00. The van der Waals surface area contributed by atoms with Crippen molar-refractivity contribution in [2.45, 2.75) is 70.7 Å². The summed E-state index contributed by atoms with van der Waals surface area (Å²) in [5.74, 6) is 0.626. The number of rotatable bonds is 2. The fourth-order valence-electron chi connectivity index (χ4n) is 3.68. The number of fused-ring (bicyclic) bond motifs is 2. The minimum absolute atomic E-state index is 0.00560. The molecule has 2 bridgehead atoms. The average Bonchev–Trinajstić information content (AvgIpc) is 2.81. The Morgan fingerprint density at radius 3 is 2.75 bits per heavy atom. The SMILES string of the molecule is C[C@@H]1C(Oc2cncc(Cl)n2)C[C@@H]2CC[C@H]1N2C(=O)OC(C)(C)C. The molecule has 132 valence electrons. The Labute approximate surface area is 147 Å². The van der Waals surface area contributed by atoms with E-state index in [2.05, 4.69) is 16.9 Å². The van der Waals surface area contributed by atoms with Gasteiger partial charge >= 0.3 is 6.09 Å². The van der Waals surface area contributed by atoms with E-state index in [9.17, 15) is 4.79 Å². The molecular weight excluding hydrogens is 330 g/mol. The van der Waals surface area contributed by atoms with Crippen LogP contribution >= 0.6 is 11.6 Å². The molecule has 1 aromatic heterocycles. The fourth-order valence-corrected chi connectivity index (χ4v) is 3.82. The average molecular weight is 354 g/mol. The van der Waals surface area contributed by atoms with E-state index in [4.69, 9.17) is 21.1 Å². The first-order valence-corrected chi connectivity index (χ1v) is 8.78. The van der Waals surface area contributed by atoms with Gasteiger partial charge in [-0.15, -0.1) is 0 Å². The predicted octanol–water partition coefficient (Wildman–Crippen LogP) is 3.69. The number of hydrogen-bond donors (Lipinski definition) is 0. The molecule has 7 heteroatoms. The number of ether oxygens (including phenoxy) is 2. The highest BCUT2D eigenvalue weighted by Gasteiger charge is 2.49. The number of halogens is 1. The molecule has 1 aromatic rings. The number of carbonyl (C=O) groups excluding carboxylic acids is 1. The molecule has 1 unspecified atom stereocenters. The summed E-state index contributed by atoms with van der Waals surface area (Å²) in [6, 6.07) is 0.286. The van der Waals surface area contributed by atoms with Gasteiger partial charge in [0.25, 0.3) is 0 Å². The largest absolute Gasteiger partial charge is 0.473 e. The van der Waals surface area contributed by atoms with E-state index in [1.165, 1.54) is 6.20 Å². The molecule has 2 saturated heterocycles. The van der Waals surface area contributed by atoms with Crippen molar-refractivity contribution in [2.24, 2.45) is 5.92 Å². The van der Waals surface area contributed by atoms with Crippen molar-refractivity contribution in [3.05, 3.63) is 17.5 Å². The van der Waals surface area contributed by atoms with Gasteiger partial charge in [0, 0.05) is 24.4 Å². The van der Waals surface area contributed by atoms with Crippen molar-refractivity contribution >= 4 is 17.7 Å². The summed E-state index contributed by atoms with van der Waals surface area (Å²) in [4.78, 5) is 22.6. The van der Waals surface area contributed by atoms with Gasteiger partial charge in [0.05, 0.1) is 12.4 Å². The zero-order chi connectivity index (χ0) is 17.5. The Balaban J connectivity index is 1.71. The van der Waals surface area contributed by atoms with E-state index < -0.39 is 5.60 Å². The smallest absolute Gasteiger partial charge is 0.410 e. The molecule has 2 aliphatic heterocycles. The molecule has 2 aliphatic rings. The molecular formula is C17H24ClN3O3. The van der Waals surface area contributed by atoms with Gasteiger partial charge in [-0.2, -0.15) is 4.98 Å². The van der Waals surface area contributed by atoms with Crippen LogP contribution in [0.25, 0.3) is 0 Å². The Morgan fingerprint density at radius 1 is 1.33 bits per heavy atom. The zero-order valence-electron chi connectivity index (χ0n) is 14.5. The fraction of sp³-hybridized carbons (Fsp3) is 0.706. The second-order valence-electron chi connectivity index (χ2n) is 7.62. The second kappa shape index (κ2) is 6.39. The molecule has 0 N–H and O–H groups in total. The van der Waals surface area contributed by atoms with Crippen molar-refractivity contribution in [2.75, 3.05) is 0 Å². The van der Waals surface area contributed by atoms with Crippen molar-refractivity contribution in [3.8, 4) is 5.88 Å². The van der Waals surface area contributed by atoms with Gasteiger partial charge in [-0.05, 0) is 33.6 Å². The number of nitrogens with zero attached hydrogens (tertiary/aromatic N) is 3. The monoisotopic (exact) mass is 353 g/mol. The number of aromatic nitrogens is 2. The zero-order valence-corrected chi connectivity index (χ0v) is 15.3. The molecule has 3 heterocycles. The first-order chi connectivity index (χ1) is 11.2. The number of piperidine rings is 1. The third kappa shape index (κ3) is 3.58. The third-order valence-corrected chi connectivity index (χ3v) is 4.89. The molecule has 6 nitrogen and oxygen atoms in total. The van der Waals surface area contributed by atoms with Gasteiger partial charge in [-0.3, -0.25) is 4.98 Å². The Kier molecular flexibility index (Phi) is 4.60. The summed E-state index contributed by atoms with van der Waals surface area (Å²) in [5, 5.41) is 0.314. The van der Waals surface area contributed by atoms with Crippen LogP contribution in [-0.4, -0.2) is 44.7 Å².